The Bertz CT molecular complexity index is 449. The lowest BCUT2D eigenvalue weighted by Gasteiger charge is -2.18. The summed E-state index contributed by atoms with van der Waals surface area (Å²) in [5.41, 5.74) is 0.612. The fourth-order valence-corrected chi connectivity index (χ4v) is 1.40. The van der Waals surface area contributed by atoms with E-state index in [1.54, 1.807) is 43.3 Å². The van der Waals surface area contributed by atoms with Gasteiger partial charge in [-0.2, -0.15) is 5.26 Å². The highest BCUT2D eigenvalue weighted by Crippen LogP contribution is 2.11. The highest BCUT2D eigenvalue weighted by molar-refractivity contribution is 5.77. The Morgan fingerprint density at radius 1 is 1.26 bits per heavy atom. The van der Waals surface area contributed by atoms with Crippen LogP contribution in [0.2, 0.25) is 0 Å². The van der Waals surface area contributed by atoms with E-state index in [1.807, 2.05) is 11.9 Å². The molecular weight excluding hydrogens is 242 g/mol. The van der Waals surface area contributed by atoms with Crippen LogP contribution in [0.1, 0.15) is 5.56 Å². The van der Waals surface area contributed by atoms with Crippen molar-refractivity contribution in [3.8, 4) is 11.8 Å². The lowest BCUT2D eigenvalue weighted by Crippen LogP contribution is -2.36. The average Bonchev–Trinajstić information content (AvgIpc) is 2.39. The Balaban J connectivity index is 2.29. The van der Waals surface area contributed by atoms with Gasteiger partial charge in [0.15, 0.2) is 0 Å². The number of hydrogen-bond donors (Lipinski definition) is 0. The third-order valence-corrected chi connectivity index (χ3v) is 2.63. The first kappa shape index (κ1) is 15.0. The highest BCUT2D eigenvalue weighted by atomic mass is 16.5. The van der Waals surface area contributed by atoms with Crippen LogP contribution < -0.4 is 4.74 Å². The van der Waals surface area contributed by atoms with Crippen molar-refractivity contribution in [2.45, 2.75) is 0 Å². The van der Waals surface area contributed by atoms with Crippen LogP contribution in [0.15, 0.2) is 24.3 Å². The van der Waals surface area contributed by atoms with Crippen molar-refractivity contribution in [2.24, 2.45) is 0 Å². The van der Waals surface area contributed by atoms with Crippen LogP contribution in [0.4, 0.5) is 0 Å². The van der Waals surface area contributed by atoms with Gasteiger partial charge < -0.3 is 9.64 Å². The minimum atomic E-state index is 0.0703. The zero-order valence-electron chi connectivity index (χ0n) is 11.6. The summed E-state index contributed by atoms with van der Waals surface area (Å²) in [5.74, 6) is 0.798. The number of carbonyl (C=O) groups is 1. The Labute approximate surface area is 114 Å². The van der Waals surface area contributed by atoms with Gasteiger partial charge in [0.1, 0.15) is 12.4 Å². The minimum Gasteiger partial charge on any atom is -0.492 e. The molecule has 5 heteroatoms. The maximum absolute atomic E-state index is 11.5. The number of benzene rings is 1. The van der Waals surface area contributed by atoms with Crippen molar-refractivity contribution in [3.63, 3.8) is 0 Å². The topological polar surface area (TPSA) is 56.6 Å². The van der Waals surface area contributed by atoms with Gasteiger partial charge in [-0.3, -0.25) is 9.69 Å². The second-order valence-electron chi connectivity index (χ2n) is 4.51. The number of carbonyl (C=O) groups excluding carboxylic acids is 1. The lowest BCUT2D eigenvalue weighted by atomic mass is 10.2. The second kappa shape index (κ2) is 7.39. The molecule has 5 nitrogen and oxygen atoms in total. The summed E-state index contributed by atoms with van der Waals surface area (Å²) in [5, 5.41) is 8.67. The SMILES string of the molecule is CN(CCOc1ccc(C#N)cc1)CC(=O)N(C)C. The molecular formula is C14H19N3O2. The summed E-state index contributed by atoms with van der Waals surface area (Å²) < 4.78 is 5.54. The molecule has 0 saturated carbocycles. The number of nitriles is 1. The van der Waals surface area contributed by atoms with Gasteiger partial charge in [-0.15, -0.1) is 0 Å². The second-order valence-corrected chi connectivity index (χ2v) is 4.51. The van der Waals surface area contributed by atoms with Crippen molar-refractivity contribution in [1.29, 1.82) is 5.26 Å². The molecule has 1 aromatic rings. The Morgan fingerprint density at radius 2 is 1.89 bits per heavy atom. The van der Waals surface area contributed by atoms with E-state index < -0.39 is 0 Å². The Kier molecular flexibility index (Phi) is 5.83. The Morgan fingerprint density at radius 3 is 2.42 bits per heavy atom. The van der Waals surface area contributed by atoms with E-state index in [0.29, 0.717) is 25.3 Å². The molecule has 0 aliphatic heterocycles. The summed E-state index contributed by atoms with van der Waals surface area (Å²) in [6.07, 6.45) is 0. The predicted molar refractivity (Wildman–Crippen MR) is 72.8 cm³/mol. The van der Waals surface area contributed by atoms with E-state index in [-0.39, 0.29) is 5.91 Å². The van der Waals surface area contributed by atoms with E-state index in [9.17, 15) is 4.79 Å². The molecule has 0 aliphatic rings. The Hall–Kier alpha value is -2.06. The number of hydrogen-bond acceptors (Lipinski definition) is 4. The fraction of sp³-hybridized carbons (Fsp3) is 0.429. The van der Waals surface area contributed by atoms with Crippen molar-refractivity contribution >= 4 is 5.91 Å². The van der Waals surface area contributed by atoms with Gasteiger partial charge in [-0.1, -0.05) is 0 Å². The standard InChI is InChI=1S/C14H19N3O2/c1-16(2)14(18)11-17(3)8-9-19-13-6-4-12(10-15)5-7-13/h4-7H,8-9,11H2,1-3H3. The van der Waals surface area contributed by atoms with Crippen molar-refractivity contribution in [3.05, 3.63) is 29.8 Å². The molecule has 0 radical (unpaired) electrons. The zero-order valence-corrected chi connectivity index (χ0v) is 11.6. The summed E-state index contributed by atoms with van der Waals surface area (Å²) in [6, 6.07) is 9.02. The van der Waals surface area contributed by atoms with E-state index >= 15 is 0 Å². The predicted octanol–water partition coefficient (Wildman–Crippen LogP) is 0.957. The first-order valence-electron chi connectivity index (χ1n) is 6.04. The first-order chi connectivity index (χ1) is 9.02. The lowest BCUT2D eigenvalue weighted by molar-refractivity contribution is -0.129. The van der Waals surface area contributed by atoms with Gasteiger partial charge >= 0.3 is 0 Å². The average molecular weight is 261 g/mol. The van der Waals surface area contributed by atoms with Crippen LogP contribution in [-0.4, -0.2) is 56.5 Å². The molecule has 0 atom stereocenters. The molecule has 0 heterocycles. The van der Waals surface area contributed by atoms with Gasteiger partial charge in [0.25, 0.3) is 0 Å². The van der Waals surface area contributed by atoms with E-state index in [1.165, 1.54) is 0 Å². The summed E-state index contributed by atoms with van der Waals surface area (Å²) >= 11 is 0. The maximum Gasteiger partial charge on any atom is 0.236 e. The van der Waals surface area contributed by atoms with Crippen LogP contribution in [0.3, 0.4) is 0 Å². The molecule has 0 aromatic heterocycles. The largest absolute Gasteiger partial charge is 0.492 e. The maximum atomic E-state index is 11.5. The van der Waals surface area contributed by atoms with Crippen LogP contribution in [0.5, 0.6) is 5.75 Å². The van der Waals surface area contributed by atoms with Crippen molar-refractivity contribution < 1.29 is 9.53 Å². The zero-order chi connectivity index (χ0) is 14.3. The minimum absolute atomic E-state index is 0.0703. The summed E-state index contributed by atoms with van der Waals surface area (Å²) in [6.45, 7) is 1.55. The molecule has 0 N–H and O–H groups in total. The van der Waals surface area contributed by atoms with Crippen LogP contribution in [0.25, 0.3) is 0 Å². The number of ether oxygens (including phenoxy) is 1. The molecule has 0 aliphatic carbocycles. The molecule has 1 aromatic carbocycles. The third-order valence-electron chi connectivity index (χ3n) is 2.63. The van der Waals surface area contributed by atoms with Crippen LogP contribution in [0, 0.1) is 11.3 Å². The molecule has 0 bridgehead atoms. The van der Waals surface area contributed by atoms with Gasteiger partial charge in [0, 0.05) is 20.6 Å². The number of rotatable bonds is 6. The smallest absolute Gasteiger partial charge is 0.236 e. The molecule has 0 saturated heterocycles. The van der Waals surface area contributed by atoms with Crippen molar-refractivity contribution in [2.75, 3.05) is 40.8 Å². The quantitative estimate of drug-likeness (QED) is 0.765. The molecule has 0 unspecified atom stereocenters. The number of nitrogens with zero attached hydrogens (tertiary/aromatic N) is 3. The van der Waals surface area contributed by atoms with Gasteiger partial charge in [-0.25, -0.2) is 0 Å². The molecule has 0 fully saturated rings. The van der Waals surface area contributed by atoms with E-state index in [2.05, 4.69) is 6.07 Å². The monoisotopic (exact) mass is 261 g/mol. The molecule has 0 spiro atoms. The normalized spacial score (nSPS) is 10.1. The fourth-order valence-electron chi connectivity index (χ4n) is 1.40. The van der Waals surface area contributed by atoms with E-state index in [4.69, 9.17) is 10.00 Å². The van der Waals surface area contributed by atoms with Crippen molar-refractivity contribution in [1.82, 2.24) is 9.80 Å². The number of likely N-dealkylation sites (N-methyl/N-ethyl adjacent to an activating group) is 2. The summed E-state index contributed by atoms with van der Waals surface area (Å²) in [4.78, 5) is 14.9. The highest BCUT2D eigenvalue weighted by Gasteiger charge is 2.07. The molecule has 19 heavy (non-hydrogen) atoms. The molecule has 1 rings (SSSR count). The van der Waals surface area contributed by atoms with Gasteiger partial charge in [0.2, 0.25) is 5.91 Å². The third kappa shape index (κ3) is 5.40. The van der Waals surface area contributed by atoms with Crippen LogP contribution >= 0.6 is 0 Å². The van der Waals surface area contributed by atoms with Crippen LogP contribution in [-0.2, 0) is 4.79 Å². The molecule has 1 amide bonds. The number of amides is 1. The summed E-state index contributed by atoms with van der Waals surface area (Å²) in [7, 11) is 5.36. The van der Waals surface area contributed by atoms with Gasteiger partial charge in [0.05, 0.1) is 18.2 Å². The van der Waals surface area contributed by atoms with E-state index in [0.717, 1.165) is 5.75 Å². The first-order valence-corrected chi connectivity index (χ1v) is 6.04. The van der Waals surface area contributed by atoms with Gasteiger partial charge in [-0.05, 0) is 31.3 Å². The molecule has 102 valence electrons.